The highest BCUT2D eigenvalue weighted by Gasteiger charge is 2.36. The summed E-state index contributed by atoms with van der Waals surface area (Å²) in [5.74, 6) is 0.350. The van der Waals surface area contributed by atoms with E-state index in [1.807, 2.05) is 46.2 Å². The molecule has 1 fully saturated rings. The third-order valence-corrected chi connectivity index (χ3v) is 6.34. The van der Waals surface area contributed by atoms with Crippen molar-refractivity contribution in [1.29, 1.82) is 0 Å². The van der Waals surface area contributed by atoms with Gasteiger partial charge < -0.3 is 14.7 Å². The van der Waals surface area contributed by atoms with Crippen LogP contribution in [0.4, 0.5) is 11.4 Å². The van der Waals surface area contributed by atoms with Gasteiger partial charge in [-0.2, -0.15) is 0 Å². The van der Waals surface area contributed by atoms with Gasteiger partial charge in [-0.15, -0.1) is 0 Å². The molecule has 2 amide bonds. The maximum Gasteiger partial charge on any atom is 0.227 e. The second-order valence-corrected chi connectivity index (χ2v) is 8.93. The smallest absolute Gasteiger partial charge is 0.227 e. The molecule has 0 aromatic heterocycles. The average molecular weight is 406 g/mol. The summed E-state index contributed by atoms with van der Waals surface area (Å²) in [7, 11) is 0. The van der Waals surface area contributed by atoms with Gasteiger partial charge in [0.2, 0.25) is 11.8 Å². The van der Waals surface area contributed by atoms with E-state index in [0.717, 1.165) is 31.9 Å². The summed E-state index contributed by atoms with van der Waals surface area (Å²) in [5, 5.41) is 0. The Morgan fingerprint density at radius 1 is 0.933 bits per heavy atom. The van der Waals surface area contributed by atoms with Gasteiger partial charge in [-0.05, 0) is 30.2 Å². The monoisotopic (exact) mass is 405 g/mol. The van der Waals surface area contributed by atoms with Crippen LogP contribution in [0.3, 0.4) is 0 Å². The molecule has 5 nitrogen and oxygen atoms in total. The van der Waals surface area contributed by atoms with Gasteiger partial charge in [0.15, 0.2) is 0 Å². The van der Waals surface area contributed by atoms with Gasteiger partial charge in [0.1, 0.15) is 0 Å². The Kier molecular flexibility index (Phi) is 5.80. The van der Waals surface area contributed by atoms with E-state index in [1.165, 1.54) is 11.3 Å². The molecule has 0 unspecified atom stereocenters. The Morgan fingerprint density at radius 2 is 1.60 bits per heavy atom. The van der Waals surface area contributed by atoms with Crippen LogP contribution in [-0.2, 0) is 15.0 Å². The Balaban J connectivity index is 1.30. The fraction of sp³-hybridized carbons (Fsp3) is 0.440. The zero-order valence-corrected chi connectivity index (χ0v) is 18.0. The van der Waals surface area contributed by atoms with Crippen molar-refractivity contribution in [3.63, 3.8) is 0 Å². The second kappa shape index (κ2) is 8.50. The minimum atomic E-state index is -0.140. The third kappa shape index (κ3) is 4.20. The lowest BCUT2D eigenvalue weighted by molar-refractivity contribution is -0.131. The van der Waals surface area contributed by atoms with Crippen molar-refractivity contribution in [1.82, 2.24) is 4.90 Å². The van der Waals surface area contributed by atoms with Crippen LogP contribution in [0.15, 0.2) is 54.6 Å². The van der Waals surface area contributed by atoms with Crippen LogP contribution in [-0.4, -0.2) is 49.4 Å². The first-order valence-electron chi connectivity index (χ1n) is 10.9. The first-order chi connectivity index (χ1) is 14.5. The summed E-state index contributed by atoms with van der Waals surface area (Å²) >= 11 is 0. The van der Waals surface area contributed by atoms with Gasteiger partial charge in [-0.25, -0.2) is 0 Å². The summed E-state index contributed by atoms with van der Waals surface area (Å²) < 4.78 is 0. The van der Waals surface area contributed by atoms with Crippen LogP contribution >= 0.6 is 0 Å². The number of hydrogen-bond acceptors (Lipinski definition) is 3. The maximum atomic E-state index is 12.7. The minimum Gasteiger partial charge on any atom is -0.368 e. The third-order valence-electron chi connectivity index (χ3n) is 6.34. The molecule has 0 bridgehead atoms. The minimum absolute atomic E-state index is 0.140. The van der Waals surface area contributed by atoms with E-state index in [2.05, 4.69) is 36.9 Å². The lowest BCUT2D eigenvalue weighted by atomic mass is 9.77. The number of carbonyl (C=O) groups is 2. The highest BCUT2D eigenvalue weighted by atomic mass is 16.2. The van der Waals surface area contributed by atoms with Gasteiger partial charge in [0, 0.05) is 62.4 Å². The van der Waals surface area contributed by atoms with Crippen molar-refractivity contribution in [3.8, 4) is 0 Å². The first-order valence-corrected chi connectivity index (χ1v) is 10.9. The second-order valence-electron chi connectivity index (χ2n) is 8.93. The summed E-state index contributed by atoms with van der Waals surface area (Å²) in [6, 6.07) is 18.5. The molecule has 0 spiro atoms. The molecule has 0 saturated carbocycles. The number of hydrogen-bond donors (Lipinski definition) is 0. The summed E-state index contributed by atoms with van der Waals surface area (Å²) in [4.78, 5) is 31.6. The molecule has 30 heavy (non-hydrogen) atoms. The van der Waals surface area contributed by atoms with E-state index in [-0.39, 0.29) is 17.2 Å². The fourth-order valence-corrected chi connectivity index (χ4v) is 4.63. The summed E-state index contributed by atoms with van der Waals surface area (Å²) in [6.45, 7) is 8.09. The summed E-state index contributed by atoms with van der Waals surface area (Å²) in [6.07, 6.45) is 1.69. The molecule has 2 aromatic rings. The Labute approximate surface area is 179 Å². The molecular formula is C25H31N3O2. The zero-order valence-electron chi connectivity index (χ0n) is 18.0. The predicted molar refractivity (Wildman–Crippen MR) is 121 cm³/mol. The molecule has 2 aliphatic heterocycles. The topological polar surface area (TPSA) is 43.9 Å². The predicted octanol–water partition coefficient (Wildman–Crippen LogP) is 3.83. The molecule has 0 radical (unpaired) electrons. The van der Waals surface area contributed by atoms with Gasteiger partial charge >= 0.3 is 0 Å². The number of anilines is 2. The number of rotatable bonds is 5. The highest BCUT2D eigenvalue weighted by molar-refractivity contribution is 5.97. The van der Waals surface area contributed by atoms with Crippen LogP contribution in [0.1, 0.15) is 38.7 Å². The SMILES string of the molecule is CC1(C)CC(=O)N(CCCC(=O)N2CCN(c3ccccc3)CC2)c2ccccc21. The van der Waals surface area contributed by atoms with E-state index in [0.29, 0.717) is 25.8 Å². The van der Waals surface area contributed by atoms with E-state index in [4.69, 9.17) is 0 Å². The number of carbonyl (C=O) groups excluding carboxylic acids is 2. The number of piperazine rings is 1. The first kappa shape index (κ1) is 20.5. The molecule has 0 aliphatic carbocycles. The molecule has 2 aliphatic rings. The van der Waals surface area contributed by atoms with Gasteiger partial charge in [-0.1, -0.05) is 50.2 Å². The van der Waals surface area contributed by atoms with Crippen LogP contribution < -0.4 is 9.80 Å². The Morgan fingerprint density at radius 3 is 2.33 bits per heavy atom. The lowest BCUT2D eigenvalue weighted by Gasteiger charge is -2.39. The van der Waals surface area contributed by atoms with E-state index < -0.39 is 0 Å². The molecule has 0 atom stereocenters. The van der Waals surface area contributed by atoms with Crippen molar-refractivity contribution in [2.45, 2.75) is 38.5 Å². The van der Waals surface area contributed by atoms with Crippen molar-refractivity contribution in [2.24, 2.45) is 0 Å². The van der Waals surface area contributed by atoms with Crippen LogP contribution in [0.5, 0.6) is 0 Å². The number of amides is 2. The molecule has 4 rings (SSSR count). The highest BCUT2D eigenvalue weighted by Crippen LogP contribution is 2.40. The number of para-hydroxylation sites is 2. The maximum absolute atomic E-state index is 12.7. The largest absolute Gasteiger partial charge is 0.368 e. The zero-order chi connectivity index (χ0) is 21.1. The molecule has 158 valence electrons. The standard InChI is InChI=1S/C25H31N3O2/c1-25(2)19-24(30)28(22-12-7-6-11-21(22)25)14-8-13-23(29)27-17-15-26(16-18-27)20-9-4-3-5-10-20/h3-7,9-12H,8,13-19H2,1-2H3. The van der Waals surface area contributed by atoms with Gasteiger partial charge in [-0.3, -0.25) is 9.59 Å². The van der Waals surface area contributed by atoms with Crippen LogP contribution in [0.2, 0.25) is 0 Å². The molecule has 1 saturated heterocycles. The molecule has 0 N–H and O–H groups in total. The average Bonchev–Trinajstić information content (AvgIpc) is 2.76. The van der Waals surface area contributed by atoms with Crippen molar-refractivity contribution in [3.05, 3.63) is 60.2 Å². The van der Waals surface area contributed by atoms with Crippen molar-refractivity contribution >= 4 is 23.2 Å². The normalized spacial score (nSPS) is 18.3. The van der Waals surface area contributed by atoms with Gasteiger partial charge in [0.05, 0.1) is 0 Å². The van der Waals surface area contributed by atoms with Gasteiger partial charge in [0.25, 0.3) is 0 Å². The van der Waals surface area contributed by atoms with E-state index >= 15 is 0 Å². The Bertz CT molecular complexity index is 902. The summed E-state index contributed by atoms with van der Waals surface area (Å²) in [5.41, 5.74) is 3.30. The van der Waals surface area contributed by atoms with Crippen LogP contribution in [0, 0.1) is 0 Å². The van der Waals surface area contributed by atoms with Crippen LogP contribution in [0.25, 0.3) is 0 Å². The van der Waals surface area contributed by atoms with Crippen molar-refractivity contribution in [2.75, 3.05) is 42.5 Å². The van der Waals surface area contributed by atoms with E-state index in [9.17, 15) is 9.59 Å². The lowest BCUT2D eigenvalue weighted by Crippen LogP contribution is -2.49. The quantitative estimate of drug-likeness (QED) is 0.759. The number of nitrogens with zero attached hydrogens (tertiary/aromatic N) is 3. The Hall–Kier alpha value is -2.82. The molecular weight excluding hydrogens is 374 g/mol. The number of benzene rings is 2. The van der Waals surface area contributed by atoms with E-state index in [1.54, 1.807) is 0 Å². The fourth-order valence-electron chi connectivity index (χ4n) is 4.63. The molecule has 2 aromatic carbocycles. The number of fused-ring (bicyclic) bond motifs is 1. The molecule has 2 heterocycles. The molecule has 5 heteroatoms. The van der Waals surface area contributed by atoms with Crippen molar-refractivity contribution < 1.29 is 9.59 Å².